The van der Waals surface area contributed by atoms with Gasteiger partial charge in [0, 0.05) is 33.2 Å². The predicted molar refractivity (Wildman–Crippen MR) is 87.4 cm³/mol. The molecule has 0 saturated carbocycles. The van der Waals surface area contributed by atoms with E-state index in [4.69, 9.17) is 4.74 Å². The Bertz CT molecular complexity index is 743. The van der Waals surface area contributed by atoms with Crippen LogP contribution < -0.4 is 11.0 Å². The average Bonchev–Trinajstić information content (AvgIpc) is 2.81. The van der Waals surface area contributed by atoms with Gasteiger partial charge in [0.1, 0.15) is 6.54 Å². The first-order valence-electron chi connectivity index (χ1n) is 7.88. The zero-order valence-corrected chi connectivity index (χ0v) is 13.3. The maximum absolute atomic E-state index is 12.3. The summed E-state index contributed by atoms with van der Waals surface area (Å²) in [7, 11) is 1.72. The maximum Gasteiger partial charge on any atom is 0.329 e. The number of rotatable bonds is 5. The summed E-state index contributed by atoms with van der Waals surface area (Å²) < 4.78 is 8.37. The summed E-state index contributed by atoms with van der Waals surface area (Å²) in [5, 5.41) is 2.89. The monoisotopic (exact) mass is 318 g/mol. The molecule has 0 radical (unpaired) electrons. The van der Waals surface area contributed by atoms with Crippen molar-refractivity contribution in [1.82, 2.24) is 19.4 Å². The Hall–Kier alpha value is -2.12. The van der Waals surface area contributed by atoms with Crippen LogP contribution in [0.25, 0.3) is 11.0 Å². The highest BCUT2D eigenvalue weighted by atomic mass is 16.5. The number of imidazole rings is 1. The lowest BCUT2D eigenvalue weighted by Gasteiger charge is -2.26. The van der Waals surface area contributed by atoms with Crippen molar-refractivity contribution in [3.63, 3.8) is 0 Å². The van der Waals surface area contributed by atoms with Crippen LogP contribution in [-0.2, 0) is 23.1 Å². The van der Waals surface area contributed by atoms with Crippen molar-refractivity contribution in [3.05, 3.63) is 34.7 Å². The molecule has 1 fully saturated rings. The number of carbonyl (C=O) groups is 1. The van der Waals surface area contributed by atoms with Gasteiger partial charge in [0.05, 0.1) is 24.2 Å². The number of fused-ring (bicyclic) bond motifs is 1. The third-order valence-corrected chi connectivity index (χ3v) is 4.21. The molecule has 7 nitrogen and oxygen atoms in total. The van der Waals surface area contributed by atoms with Gasteiger partial charge >= 0.3 is 5.69 Å². The van der Waals surface area contributed by atoms with Crippen LogP contribution in [0.1, 0.15) is 0 Å². The first-order chi connectivity index (χ1) is 11.2. The van der Waals surface area contributed by atoms with Crippen molar-refractivity contribution >= 4 is 16.9 Å². The van der Waals surface area contributed by atoms with Crippen LogP contribution in [0.15, 0.2) is 29.1 Å². The van der Waals surface area contributed by atoms with Crippen molar-refractivity contribution in [2.45, 2.75) is 6.54 Å². The average molecular weight is 318 g/mol. The molecule has 1 aromatic heterocycles. The number of hydrogen-bond acceptors (Lipinski definition) is 4. The number of hydrogen-bond donors (Lipinski definition) is 1. The van der Waals surface area contributed by atoms with Gasteiger partial charge < -0.3 is 10.1 Å². The lowest BCUT2D eigenvalue weighted by atomic mass is 10.3. The number of benzene rings is 1. The van der Waals surface area contributed by atoms with Gasteiger partial charge in [-0.15, -0.1) is 0 Å². The largest absolute Gasteiger partial charge is 0.379 e. The summed E-state index contributed by atoms with van der Waals surface area (Å²) in [5.41, 5.74) is 1.44. The Balaban J connectivity index is 1.60. The first kappa shape index (κ1) is 15.8. The van der Waals surface area contributed by atoms with Gasteiger partial charge in [-0.3, -0.25) is 18.8 Å². The fraction of sp³-hybridized carbons (Fsp3) is 0.500. The third-order valence-electron chi connectivity index (χ3n) is 4.21. The van der Waals surface area contributed by atoms with Gasteiger partial charge in [-0.2, -0.15) is 0 Å². The topological polar surface area (TPSA) is 68.5 Å². The molecule has 1 amide bonds. The summed E-state index contributed by atoms with van der Waals surface area (Å²) in [4.78, 5) is 26.7. The number of ether oxygens (including phenoxy) is 1. The van der Waals surface area contributed by atoms with Crippen LogP contribution in [0, 0.1) is 0 Å². The first-order valence-corrected chi connectivity index (χ1v) is 7.88. The number of aryl methyl sites for hydroxylation is 1. The lowest BCUT2D eigenvalue weighted by Crippen LogP contribution is -2.42. The van der Waals surface area contributed by atoms with Gasteiger partial charge in [0.25, 0.3) is 0 Å². The van der Waals surface area contributed by atoms with Gasteiger partial charge in [-0.25, -0.2) is 4.79 Å². The van der Waals surface area contributed by atoms with E-state index in [1.54, 1.807) is 11.6 Å². The Morgan fingerprint density at radius 2 is 1.91 bits per heavy atom. The number of aromatic nitrogens is 2. The maximum atomic E-state index is 12.3. The molecule has 0 unspecified atom stereocenters. The minimum atomic E-state index is -0.172. The minimum Gasteiger partial charge on any atom is -0.379 e. The van der Waals surface area contributed by atoms with E-state index in [2.05, 4.69) is 10.2 Å². The number of carbonyl (C=O) groups excluding carboxylic acids is 1. The van der Waals surface area contributed by atoms with E-state index in [0.717, 1.165) is 43.9 Å². The molecule has 0 spiro atoms. The van der Waals surface area contributed by atoms with Crippen LogP contribution in [0.3, 0.4) is 0 Å². The second-order valence-electron chi connectivity index (χ2n) is 5.72. The summed E-state index contributed by atoms with van der Waals surface area (Å²) in [5.74, 6) is -0.142. The molecule has 0 atom stereocenters. The normalized spacial score (nSPS) is 15.9. The second-order valence-corrected chi connectivity index (χ2v) is 5.72. The highest BCUT2D eigenvalue weighted by Gasteiger charge is 2.14. The molecular formula is C16H22N4O3. The van der Waals surface area contributed by atoms with E-state index in [-0.39, 0.29) is 18.1 Å². The molecule has 3 rings (SSSR count). The minimum absolute atomic E-state index is 0.0449. The number of nitrogens with zero attached hydrogens (tertiary/aromatic N) is 3. The van der Waals surface area contributed by atoms with Crippen molar-refractivity contribution in [3.8, 4) is 0 Å². The molecule has 2 heterocycles. The quantitative estimate of drug-likeness (QED) is 0.828. The molecule has 1 aromatic carbocycles. The van der Waals surface area contributed by atoms with Crippen molar-refractivity contribution in [2.24, 2.45) is 7.05 Å². The lowest BCUT2D eigenvalue weighted by molar-refractivity contribution is -0.121. The highest BCUT2D eigenvalue weighted by Crippen LogP contribution is 2.10. The summed E-state index contributed by atoms with van der Waals surface area (Å²) in [6.07, 6.45) is 0. The van der Waals surface area contributed by atoms with Crippen molar-refractivity contribution in [2.75, 3.05) is 39.4 Å². The van der Waals surface area contributed by atoms with E-state index in [1.807, 2.05) is 24.3 Å². The smallest absolute Gasteiger partial charge is 0.329 e. The standard InChI is InChI=1S/C16H22N4O3/c1-18-13-4-2-3-5-14(13)20(16(18)22)12-15(21)17-6-7-19-8-10-23-11-9-19/h2-5H,6-12H2,1H3,(H,17,21). The molecular weight excluding hydrogens is 296 g/mol. The van der Waals surface area contributed by atoms with Gasteiger partial charge in [0.15, 0.2) is 0 Å². The van der Waals surface area contributed by atoms with Crippen LogP contribution in [0.2, 0.25) is 0 Å². The number of morpholine rings is 1. The number of para-hydroxylation sites is 2. The van der Waals surface area contributed by atoms with Crippen molar-refractivity contribution < 1.29 is 9.53 Å². The number of amides is 1. The molecule has 1 saturated heterocycles. The van der Waals surface area contributed by atoms with Gasteiger partial charge in [-0.1, -0.05) is 12.1 Å². The fourth-order valence-corrected chi connectivity index (χ4v) is 2.89. The molecule has 7 heteroatoms. The Kier molecular flexibility index (Phi) is 4.78. The Morgan fingerprint density at radius 1 is 1.22 bits per heavy atom. The molecule has 1 aliphatic heterocycles. The molecule has 0 aliphatic carbocycles. The zero-order valence-electron chi connectivity index (χ0n) is 13.3. The zero-order chi connectivity index (χ0) is 16.2. The Labute approximate surface area is 134 Å². The molecule has 124 valence electrons. The number of nitrogens with one attached hydrogen (secondary N) is 1. The summed E-state index contributed by atoms with van der Waals surface area (Å²) >= 11 is 0. The van der Waals surface area contributed by atoms with Gasteiger partial charge in [-0.05, 0) is 12.1 Å². The summed E-state index contributed by atoms with van der Waals surface area (Å²) in [6.45, 7) is 4.73. The van der Waals surface area contributed by atoms with Crippen molar-refractivity contribution in [1.29, 1.82) is 0 Å². The fourth-order valence-electron chi connectivity index (χ4n) is 2.89. The van der Waals surface area contributed by atoms with Crippen LogP contribution >= 0.6 is 0 Å². The molecule has 23 heavy (non-hydrogen) atoms. The predicted octanol–water partition coefficient (Wildman–Crippen LogP) is -0.212. The molecule has 2 aromatic rings. The second kappa shape index (κ2) is 6.97. The Morgan fingerprint density at radius 3 is 2.65 bits per heavy atom. The van der Waals surface area contributed by atoms with E-state index >= 15 is 0 Å². The van der Waals surface area contributed by atoms with Crippen LogP contribution in [0.5, 0.6) is 0 Å². The molecule has 1 N–H and O–H groups in total. The molecule has 0 bridgehead atoms. The van der Waals surface area contributed by atoms with E-state index in [0.29, 0.717) is 6.54 Å². The third kappa shape index (κ3) is 3.46. The van der Waals surface area contributed by atoms with E-state index in [9.17, 15) is 9.59 Å². The highest BCUT2D eigenvalue weighted by molar-refractivity contribution is 5.80. The van der Waals surface area contributed by atoms with Crippen LogP contribution in [-0.4, -0.2) is 59.3 Å². The van der Waals surface area contributed by atoms with Gasteiger partial charge in [0.2, 0.25) is 5.91 Å². The van der Waals surface area contributed by atoms with E-state index < -0.39 is 0 Å². The van der Waals surface area contributed by atoms with E-state index in [1.165, 1.54) is 4.57 Å². The molecule has 1 aliphatic rings. The summed E-state index contributed by atoms with van der Waals surface area (Å²) in [6, 6.07) is 7.49. The SMILES string of the molecule is Cn1c(=O)n(CC(=O)NCCN2CCOCC2)c2ccccc21. The van der Waals surface area contributed by atoms with Crippen LogP contribution in [0.4, 0.5) is 0 Å².